The maximum absolute atomic E-state index is 12.3. The van der Waals surface area contributed by atoms with Gasteiger partial charge in [-0.05, 0) is 34.3 Å². The van der Waals surface area contributed by atoms with Crippen LogP contribution >= 0.6 is 0 Å². The summed E-state index contributed by atoms with van der Waals surface area (Å²) in [5.74, 6) is 0.699. The molecule has 31 heavy (non-hydrogen) atoms. The maximum Gasteiger partial charge on any atom is 0.323 e. The van der Waals surface area contributed by atoms with E-state index in [4.69, 9.17) is 14.0 Å². The normalized spacial score (nSPS) is 12.2. The predicted octanol–water partition coefficient (Wildman–Crippen LogP) is 3.38. The first kappa shape index (κ1) is 22.7. The number of rotatable bonds is 10. The average Bonchev–Trinajstić information content (AvgIpc) is 3.22. The number of nitrogens with zero attached hydrogens (tertiary/aromatic N) is 3. The molecule has 1 atom stereocenters. The minimum atomic E-state index is -1.62. The fraction of sp³-hybridized carbons (Fsp3) is 0.273. The standard InChI is InChI=1S/C22H25N3O5S/c1-17(26)30-25(31(27)24(2)3)15-18-8-7-11-21(14-18)28-13-12-20-16-29-22(23-20)19-9-5-4-6-10-19/h4-11,14,16H,12-13,15H2,1-3H3. The molecule has 2 aromatic carbocycles. The van der Waals surface area contributed by atoms with Crippen molar-refractivity contribution in [1.82, 2.24) is 13.8 Å². The van der Waals surface area contributed by atoms with Crippen LogP contribution in [-0.2, 0) is 33.8 Å². The quantitative estimate of drug-likeness (QED) is 0.447. The van der Waals surface area contributed by atoms with Gasteiger partial charge < -0.3 is 14.0 Å². The molecule has 0 saturated heterocycles. The van der Waals surface area contributed by atoms with E-state index in [9.17, 15) is 9.00 Å². The van der Waals surface area contributed by atoms with Crippen LogP contribution in [0.5, 0.6) is 5.75 Å². The summed E-state index contributed by atoms with van der Waals surface area (Å²) in [5.41, 5.74) is 2.52. The van der Waals surface area contributed by atoms with E-state index < -0.39 is 17.1 Å². The molecule has 0 amide bonds. The SMILES string of the molecule is CC(=O)ON(Cc1cccc(OCCc2coc(-c3ccccc3)n2)c1)S(=O)N(C)C. The highest BCUT2D eigenvalue weighted by atomic mass is 32.2. The Morgan fingerprint density at radius 1 is 1.13 bits per heavy atom. The van der Waals surface area contributed by atoms with Crippen LogP contribution in [0.25, 0.3) is 11.5 Å². The zero-order valence-electron chi connectivity index (χ0n) is 17.7. The summed E-state index contributed by atoms with van der Waals surface area (Å²) in [4.78, 5) is 20.9. The molecular formula is C22H25N3O5S. The average molecular weight is 444 g/mol. The van der Waals surface area contributed by atoms with Gasteiger partial charge in [-0.15, -0.1) is 0 Å². The Labute approximate surface area is 184 Å². The van der Waals surface area contributed by atoms with Crippen LogP contribution in [0.1, 0.15) is 18.2 Å². The third kappa shape index (κ3) is 6.74. The number of hydroxylamine groups is 1. The summed E-state index contributed by atoms with van der Waals surface area (Å²) < 4.78 is 26.3. The first-order valence-corrected chi connectivity index (χ1v) is 10.8. The Morgan fingerprint density at radius 3 is 2.61 bits per heavy atom. The van der Waals surface area contributed by atoms with Crippen molar-refractivity contribution >= 4 is 17.1 Å². The van der Waals surface area contributed by atoms with Gasteiger partial charge in [0, 0.05) is 33.0 Å². The van der Waals surface area contributed by atoms with Gasteiger partial charge in [0.15, 0.2) is 0 Å². The molecule has 164 valence electrons. The Hall–Kier alpha value is -3.01. The third-order valence-corrected chi connectivity index (χ3v) is 5.30. The van der Waals surface area contributed by atoms with Crippen LogP contribution in [0.3, 0.4) is 0 Å². The molecular weight excluding hydrogens is 418 g/mol. The van der Waals surface area contributed by atoms with Gasteiger partial charge in [-0.1, -0.05) is 30.3 Å². The van der Waals surface area contributed by atoms with Gasteiger partial charge in [0.25, 0.3) is 0 Å². The smallest absolute Gasteiger partial charge is 0.323 e. The zero-order chi connectivity index (χ0) is 22.2. The van der Waals surface area contributed by atoms with Gasteiger partial charge >= 0.3 is 5.97 Å². The van der Waals surface area contributed by atoms with Gasteiger partial charge in [0.05, 0.1) is 18.8 Å². The number of oxazole rings is 1. The largest absolute Gasteiger partial charge is 0.493 e. The van der Waals surface area contributed by atoms with E-state index in [0.717, 1.165) is 21.3 Å². The second-order valence-electron chi connectivity index (χ2n) is 6.87. The van der Waals surface area contributed by atoms with Crippen LogP contribution in [0.4, 0.5) is 0 Å². The molecule has 0 fully saturated rings. The van der Waals surface area contributed by atoms with Gasteiger partial charge in [-0.3, -0.25) is 4.79 Å². The first-order valence-electron chi connectivity index (χ1n) is 9.69. The second-order valence-corrected chi connectivity index (χ2v) is 8.47. The van der Waals surface area contributed by atoms with Crippen LogP contribution < -0.4 is 4.74 Å². The van der Waals surface area contributed by atoms with Crippen molar-refractivity contribution in [3.63, 3.8) is 0 Å². The molecule has 1 unspecified atom stereocenters. The maximum atomic E-state index is 12.3. The molecule has 1 aromatic heterocycles. The monoisotopic (exact) mass is 443 g/mol. The van der Waals surface area contributed by atoms with Crippen LogP contribution in [0, 0.1) is 0 Å². The molecule has 0 bridgehead atoms. The van der Waals surface area contributed by atoms with Crippen molar-refractivity contribution in [1.29, 1.82) is 0 Å². The number of hydrogen-bond donors (Lipinski definition) is 0. The summed E-state index contributed by atoms with van der Waals surface area (Å²) in [5, 5.41) is 0. The molecule has 0 N–H and O–H groups in total. The molecule has 3 rings (SSSR count). The lowest BCUT2D eigenvalue weighted by Gasteiger charge is -2.22. The summed E-state index contributed by atoms with van der Waals surface area (Å²) in [6.45, 7) is 1.85. The minimum absolute atomic E-state index is 0.158. The fourth-order valence-electron chi connectivity index (χ4n) is 2.74. The minimum Gasteiger partial charge on any atom is -0.493 e. The van der Waals surface area contributed by atoms with Gasteiger partial charge in [0.2, 0.25) is 17.1 Å². The van der Waals surface area contributed by atoms with E-state index in [0.29, 0.717) is 24.7 Å². The van der Waals surface area contributed by atoms with Crippen molar-refractivity contribution < 1.29 is 23.0 Å². The molecule has 0 saturated carbocycles. The number of carbonyl (C=O) groups excluding carboxylic acids is 1. The highest BCUT2D eigenvalue weighted by Crippen LogP contribution is 2.19. The van der Waals surface area contributed by atoms with E-state index >= 15 is 0 Å². The number of hydrogen-bond acceptors (Lipinski definition) is 6. The Morgan fingerprint density at radius 2 is 1.90 bits per heavy atom. The fourth-order valence-corrected chi connectivity index (χ4v) is 3.53. The first-order chi connectivity index (χ1) is 14.9. The summed E-state index contributed by atoms with van der Waals surface area (Å²) in [6.07, 6.45) is 2.22. The molecule has 1 heterocycles. The molecule has 3 aromatic rings. The van der Waals surface area contributed by atoms with E-state index in [1.165, 1.54) is 11.2 Å². The molecule has 0 aliphatic rings. The van der Waals surface area contributed by atoms with Crippen molar-refractivity contribution in [3.05, 3.63) is 72.1 Å². The van der Waals surface area contributed by atoms with Gasteiger partial charge in [0.1, 0.15) is 12.0 Å². The molecule has 9 heteroatoms. The lowest BCUT2D eigenvalue weighted by Crippen LogP contribution is -2.35. The Kier molecular flexibility index (Phi) is 7.94. The van der Waals surface area contributed by atoms with Crippen molar-refractivity contribution in [2.24, 2.45) is 0 Å². The molecule has 0 aliphatic heterocycles. The predicted molar refractivity (Wildman–Crippen MR) is 117 cm³/mol. The van der Waals surface area contributed by atoms with Crippen LogP contribution in [0.2, 0.25) is 0 Å². The summed E-state index contributed by atoms with van der Waals surface area (Å²) >= 11 is -1.62. The van der Waals surface area contributed by atoms with Crippen LogP contribution in [-0.4, -0.2) is 44.6 Å². The molecule has 0 aliphatic carbocycles. The zero-order valence-corrected chi connectivity index (χ0v) is 18.5. The van der Waals surface area contributed by atoms with E-state index in [1.807, 2.05) is 54.6 Å². The van der Waals surface area contributed by atoms with E-state index in [1.54, 1.807) is 20.4 Å². The van der Waals surface area contributed by atoms with Crippen molar-refractivity contribution in [2.75, 3.05) is 20.7 Å². The Balaban J connectivity index is 1.57. The number of benzene rings is 2. The van der Waals surface area contributed by atoms with E-state index in [-0.39, 0.29) is 6.54 Å². The number of ether oxygens (including phenoxy) is 1. The van der Waals surface area contributed by atoms with E-state index in [2.05, 4.69) is 4.98 Å². The lowest BCUT2D eigenvalue weighted by molar-refractivity contribution is -0.167. The lowest BCUT2D eigenvalue weighted by atomic mass is 10.2. The highest BCUT2D eigenvalue weighted by Gasteiger charge is 2.19. The Bertz CT molecular complexity index is 1020. The van der Waals surface area contributed by atoms with Gasteiger partial charge in [-0.2, -0.15) is 0 Å². The molecule has 0 radical (unpaired) electrons. The second kappa shape index (κ2) is 10.9. The summed E-state index contributed by atoms with van der Waals surface area (Å²) in [7, 11) is 3.28. The summed E-state index contributed by atoms with van der Waals surface area (Å²) in [6, 6.07) is 17.0. The van der Waals surface area contributed by atoms with Crippen molar-refractivity contribution in [2.45, 2.75) is 19.9 Å². The van der Waals surface area contributed by atoms with Crippen molar-refractivity contribution in [3.8, 4) is 17.2 Å². The van der Waals surface area contributed by atoms with Gasteiger partial charge in [-0.25, -0.2) is 13.5 Å². The van der Waals surface area contributed by atoms with Crippen LogP contribution in [0.15, 0.2) is 65.3 Å². The third-order valence-electron chi connectivity index (χ3n) is 4.13. The topological polar surface area (TPSA) is 85.1 Å². The molecule has 0 spiro atoms. The number of carbonyl (C=O) groups is 1. The highest BCUT2D eigenvalue weighted by molar-refractivity contribution is 7.80. The molecule has 8 nitrogen and oxygen atoms in total. The number of aromatic nitrogens is 1.